The first-order valence-corrected chi connectivity index (χ1v) is 6.94. The molecule has 2 N–H and O–H groups in total. The third kappa shape index (κ3) is 2.70. The summed E-state index contributed by atoms with van der Waals surface area (Å²) in [6.45, 7) is 0. The van der Waals surface area contributed by atoms with Gasteiger partial charge in [-0.3, -0.25) is 19.5 Å². The molecule has 0 saturated heterocycles. The zero-order valence-electron chi connectivity index (χ0n) is 12.1. The molecule has 0 amide bonds. The fraction of sp³-hybridized carbons (Fsp3) is 0.286. The average molecular weight is 340 g/mol. The summed E-state index contributed by atoms with van der Waals surface area (Å²) in [7, 11) is 0. The Kier molecular flexibility index (Phi) is 3.54. The molecule has 1 aromatic heterocycles. The normalized spacial score (nSPS) is 14.6. The second-order valence-corrected chi connectivity index (χ2v) is 5.41. The highest BCUT2D eigenvalue weighted by molar-refractivity contribution is 5.60. The van der Waals surface area contributed by atoms with Gasteiger partial charge in [-0.1, -0.05) is 0 Å². The number of nitro benzene ring substituents is 1. The van der Waals surface area contributed by atoms with E-state index in [1.165, 1.54) is 12.1 Å². The predicted octanol–water partition coefficient (Wildman–Crippen LogP) is 2.75. The van der Waals surface area contributed by atoms with Crippen LogP contribution in [0.5, 0.6) is 0 Å². The van der Waals surface area contributed by atoms with Gasteiger partial charge in [-0.2, -0.15) is 13.2 Å². The third-order valence-corrected chi connectivity index (χ3v) is 3.67. The summed E-state index contributed by atoms with van der Waals surface area (Å²) in [6, 6.07) is 4.54. The van der Waals surface area contributed by atoms with E-state index in [1.807, 2.05) is 0 Å². The monoisotopic (exact) mass is 340 g/mol. The van der Waals surface area contributed by atoms with Gasteiger partial charge in [0.05, 0.1) is 4.92 Å². The zero-order valence-corrected chi connectivity index (χ0v) is 12.1. The summed E-state index contributed by atoms with van der Waals surface area (Å²) in [6.07, 6.45) is -3.61. The maximum absolute atomic E-state index is 13.1. The van der Waals surface area contributed by atoms with Gasteiger partial charge < -0.3 is 5.73 Å². The number of nitro groups is 1. The van der Waals surface area contributed by atoms with Crippen LogP contribution >= 0.6 is 0 Å². The summed E-state index contributed by atoms with van der Waals surface area (Å²) < 4.78 is 40.3. The van der Waals surface area contributed by atoms with E-state index in [1.54, 1.807) is 0 Å². The number of hydrogen-bond donors (Lipinski definition) is 1. The number of nitrogen functional groups attached to an aromatic ring is 1. The molecule has 1 aromatic carbocycles. The smallest absolute Gasteiger partial charge is 0.392 e. The van der Waals surface area contributed by atoms with E-state index in [4.69, 9.17) is 5.73 Å². The summed E-state index contributed by atoms with van der Waals surface area (Å²) >= 11 is 0. The Labute approximate surface area is 132 Å². The van der Waals surface area contributed by atoms with Crippen LogP contribution in [0.4, 0.5) is 24.5 Å². The van der Waals surface area contributed by atoms with Crippen molar-refractivity contribution in [2.24, 2.45) is 0 Å². The van der Waals surface area contributed by atoms with E-state index in [2.05, 4.69) is 4.98 Å². The molecule has 1 aliphatic rings. The molecule has 3 rings (SSSR count). The Morgan fingerprint density at radius 1 is 1.25 bits per heavy atom. The molecular formula is C14H11F3N4O3. The lowest BCUT2D eigenvalue weighted by Gasteiger charge is -2.16. The largest absolute Gasteiger partial charge is 0.435 e. The van der Waals surface area contributed by atoms with Gasteiger partial charge in [-0.15, -0.1) is 0 Å². The topological polar surface area (TPSA) is 104 Å². The summed E-state index contributed by atoms with van der Waals surface area (Å²) in [5.74, 6) is -0.195. The number of nitrogens with zero attached hydrogens (tertiary/aromatic N) is 3. The van der Waals surface area contributed by atoms with E-state index >= 15 is 0 Å². The lowest BCUT2D eigenvalue weighted by atomic mass is 10.1. The number of alkyl halides is 3. The van der Waals surface area contributed by atoms with Gasteiger partial charge in [0.15, 0.2) is 5.69 Å². The lowest BCUT2D eigenvalue weighted by Crippen LogP contribution is -2.29. The SMILES string of the molecule is Nc1c(C(F)(F)F)nc(-c2ccc([N+](=O)[O-])cc2)n(C2CC2)c1=O. The predicted molar refractivity (Wildman–Crippen MR) is 78.3 cm³/mol. The number of halogens is 3. The minimum atomic E-state index is -4.87. The number of aromatic nitrogens is 2. The average Bonchev–Trinajstić information content (AvgIpc) is 3.33. The molecule has 0 unspecified atom stereocenters. The van der Waals surface area contributed by atoms with Crippen molar-refractivity contribution in [1.29, 1.82) is 0 Å². The maximum atomic E-state index is 13.1. The first-order chi connectivity index (χ1) is 11.2. The van der Waals surface area contributed by atoms with Crippen LogP contribution in [0, 0.1) is 10.1 Å². The lowest BCUT2D eigenvalue weighted by molar-refractivity contribution is -0.384. The molecule has 10 heteroatoms. The molecule has 1 saturated carbocycles. The van der Waals surface area contributed by atoms with E-state index in [9.17, 15) is 28.1 Å². The maximum Gasteiger partial charge on any atom is 0.435 e. The van der Waals surface area contributed by atoms with Crippen LogP contribution in [0.1, 0.15) is 24.6 Å². The standard InChI is InChI=1S/C14H11F3N4O3/c15-14(16,17)11-10(18)13(22)20(8-5-6-8)12(19-11)7-1-3-9(4-2-7)21(23)24/h1-4,8H,5-6,18H2. The second kappa shape index (κ2) is 5.32. The van der Waals surface area contributed by atoms with Crippen molar-refractivity contribution < 1.29 is 18.1 Å². The van der Waals surface area contributed by atoms with Crippen LogP contribution in [0.25, 0.3) is 11.4 Å². The summed E-state index contributed by atoms with van der Waals surface area (Å²) in [5.41, 5.74) is 1.96. The van der Waals surface area contributed by atoms with Gasteiger partial charge in [0.1, 0.15) is 11.5 Å². The van der Waals surface area contributed by atoms with Crippen molar-refractivity contribution >= 4 is 11.4 Å². The Balaban J connectivity index is 2.23. The Morgan fingerprint density at radius 2 is 1.83 bits per heavy atom. The van der Waals surface area contributed by atoms with Gasteiger partial charge in [-0.05, 0) is 25.0 Å². The van der Waals surface area contributed by atoms with Crippen molar-refractivity contribution in [2.75, 3.05) is 5.73 Å². The molecule has 1 fully saturated rings. The molecule has 0 bridgehead atoms. The van der Waals surface area contributed by atoms with E-state index in [-0.39, 0.29) is 23.1 Å². The molecule has 1 aliphatic carbocycles. The Bertz CT molecular complexity index is 871. The minimum absolute atomic E-state index is 0.176. The van der Waals surface area contributed by atoms with Gasteiger partial charge in [0, 0.05) is 23.7 Å². The summed E-state index contributed by atoms with van der Waals surface area (Å²) in [4.78, 5) is 25.9. The number of hydrogen-bond acceptors (Lipinski definition) is 5. The van der Waals surface area contributed by atoms with Gasteiger partial charge in [-0.25, -0.2) is 4.98 Å². The minimum Gasteiger partial charge on any atom is -0.392 e. The number of non-ortho nitro benzene ring substituents is 1. The van der Waals surface area contributed by atoms with E-state index in [0.29, 0.717) is 12.8 Å². The van der Waals surface area contributed by atoms with Crippen molar-refractivity contribution in [1.82, 2.24) is 9.55 Å². The zero-order chi connectivity index (χ0) is 17.6. The van der Waals surface area contributed by atoms with Gasteiger partial charge in [0.2, 0.25) is 0 Å². The fourth-order valence-electron chi connectivity index (χ4n) is 2.37. The van der Waals surface area contributed by atoms with Crippen molar-refractivity contribution in [2.45, 2.75) is 25.1 Å². The van der Waals surface area contributed by atoms with Crippen molar-refractivity contribution in [3.63, 3.8) is 0 Å². The molecule has 1 heterocycles. The second-order valence-electron chi connectivity index (χ2n) is 5.41. The number of anilines is 1. The summed E-state index contributed by atoms with van der Waals surface area (Å²) in [5, 5.41) is 10.7. The van der Waals surface area contributed by atoms with Crippen LogP contribution in [0.2, 0.25) is 0 Å². The molecular weight excluding hydrogens is 329 g/mol. The first-order valence-electron chi connectivity index (χ1n) is 6.94. The highest BCUT2D eigenvalue weighted by atomic mass is 19.4. The molecule has 0 spiro atoms. The van der Waals surface area contributed by atoms with Crippen LogP contribution < -0.4 is 11.3 Å². The van der Waals surface area contributed by atoms with Crippen molar-refractivity contribution in [3.05, 3.63) is 50.4 Å². The van der Waals surface area contributed by atoms with Crippen LogP contribution in [-0.4, -0.2) is 14.5 Å². The van der Waals surface area contributed by atoms with E-state index in [0.717, 1.165) is 16.7 Å². The number of benzene rings is 1. The fourth-order valence-corrected chi connectivity index (χ4v) is 2.37. The molecule has 24 heavy (non-hydrogen) atoms. The molecule has 2 aromatic rings. The van der Waals surface area contributed by atoms with E-state index < -0.39 is 28.0 Å². The molecule has 7 nitrogen and oxygen atoms in total. The highest BCUT2D eigenvalue weighted by Crippen LogP contribution is 2.39. The molecule has 126 valence electrons. The number of rotatable bonds is 3. The molecule has 0 aliphatic heterocycles. The quantitative estimate of drug-likeness (QED) is 0.683. The third-order valence-electron chi connectivity index (χ3n) is 3.67. The van der Waals surface area contributed by atoms with Crippen molar-refractivity contribution in [3.8, 4) is 11.4 Å². The van der Waals surface area contributed by atoms with Gasteiger partial charge in [0.25, 0.3) is 11.2 Å². The van der Waals surface area contributed by atoms with Crippen LogP contribution in [0.15, 0.2) is 29.1 Å². The Hall–Kier alpha value is -2.91. The first kappa shape index (κ1) is 16.0. The van der Waals surface area contributed by atoms with Gasteiger partial charge >= 0.3 is 6.18 Å². The Morgan fingerprint density at radius 3 is 2.29 bits per heavy atom. The number of nitrogens with two attached hydrogens (primary N) is 1. The molecule has 0 atom stereocenters. The highest BCUT2D eigenvalue weighted by Gasteiger charge is 2.39. The molecule has 0 radical (unpaired) electrons. The van der Waals surface area contributed by atoms with Crippen LogP contribution in [-0.2, 0) is 6.18 Å². The van der Waals surface area contributed by atoms with Crippen LogP contribution in [0.3, 0.4) is 0 Å².